The van der Waals surface area contributed by atoms with Gasteiger partial charge < -0.3 is 9.84 Å². The molecule has 1 heterocycles. The molecule has 0 amide bonds. The van der Waals surface area contributed by atoms with E-state index in [1.807, 2.05) is 0 Å². The van der Waals surface area contributed by atoms with Crippen LogP contribution in [0.15, 0.2) is 0 Å². The number of morpholine rings is 1. The molecule has 0 saturated carbocycles. The van der Waals surface area contributed by atoms with Crippen LogP contribution >= 0.6 is 0 Å². The number of nitrogens with zero attached hydrogens (tertiary/aromatic N) is 1. The zero-order valence-corrected chi connectivity index (χ0v) is 10.3. The highest BCUT2D eigenvalue weighted by molar-refractivity contribution is 5.66. The lowest BCUT2D eigenvalue weighted by Gasteiger charge is -2.38. The quantitative estimate of drug-likeness (QED) is 0.705. The first-order valence-corrected chi connectivity index (χ1v) is 6.21. The highest BCUT2D eigenvalue weighted by Crippen LogP contribution is 2.15. The third-order valence-corrected chi connectivity index (χ3v) is 3.14. The van der Waals surface area contributed by atoms with E-state index in [0.717, 1.165) is 39.0 Å². The largest absolute Gasteiger partial charge is 0.481 e. The summed E-state index contributed by atoms with van der Waals surface area (Å²) in [6.07, 6.45) is 3.44. The highest BCUT2D eigenvalue weighted by atomic mass is 16.5. The second kappa shape index (κ2) is 6.86. The van der Waals surface area contributed by atoms with Crippen molar-refractivity contribution in [3.63, 3.8) is 0 Å². The molecule has 1 aliphatic heterocycles. The average molecular weight is 229 g/mol. The standard InChI is InChI=1S/C12H23NO3/c1-3-11-9-16-10(2)8-13(11)7-5-4-6-12(14)15/h10-11H,3-9H2,1-2H3,(H,14,15). The first-order chi connectivity index (χ1) is 7.63. The summed E-state index contributed by atoms with van der Waals surface area (Å²) in [5, 5.41) is 8.56. The van der Waals surface area contributed by atoms with E-state index in [4.69, 9.17) is 9.84 Å². The van der Waals surface area contributed by atoms with Gasteiger partial charge in [-0.2, -0.15) is 0 Å². The number of rotatable bonds is 6. The van der Waals surface area contributed by atoms with E-state index in [9.17, 15) is 4.79 Å². The molecule has 1 N–H and O–H groups in total. The minimum Gasteiger partial charge on any atom is -0.481 e. The Morgan fingerprint density at radius 1 is 1.50 bits per heavy atom. The van der Waals surface area contributed by atoms with Gasteiger partial charge in [0.1, 0.15) is 0 Å². The lowest BCUT2D eigenvalue weighted by atomic mass is 10.1. The Bertz CT molecular complexity index is 220. The summed E-state index contributed by atoms with van der Waals surface area (Å²) >= 11 is 0. The molecule has 0 aliphatic carbocycles. The highest BCUT2D eigenvalue weighted by Gasteiger charge is 2.24. The van der Waals surface area contributed by atoms with E-state index >= 15 is 0 Å². The van der Waals surface area contributed by atoms with Crippen LogP contribution in [0.1, 0.15) is 39.5 Å². The first-order valence-electron chi connectivity index (χ1n) is 6.21. The predicted octanol–water partition coefficient (Wildman–Crippen LogP) is 1.74. The van der Waals surface area contributed by atoms with Crippen LogP contribution in [0.5, 0.6) is 0 Å². The minimum atomic E-state index is -0.692. The predicted molar refractivity (Wildman–Crippen MR) is 62.6 cm³/mol. The number of carboxylic acids is 1. The van der Waals surface area contributed by atoms with Crippen molar-refractivity contribution in [3.05, 3.63) is 0 Å². The maximum atomic E-state index is 10.4. The van der Waals surface area contributed by atoms with Crippen LogP contribution in [0.2, 0.25) is 0 Å². The average Bonchev–Trinajstić information content (AvgIpc) is 2.24. The van der Waals surface area contributed by atoms with Gasteiger partial charge >= 0.3 is 5.97 Å². The van der Waals surface area contributed by atoms with Crippen molar-refractivity contribution in [3.8, 4) is 0 Å². The number of hydrogen-bond acceptors (Lipinski definition) is 3. The summed E-state index contributed by atoms with van der Waals surface area (Å²) in [5.74, 6) is -0.692. The molecule has 1 rings (SSSR count). The van der Waals surface area contributed by atoms with E-state index in [-0.39, 0.29) is 6.42 Å². The van der Waals surface area contributed by atoms with E-state index in [1.165, 1.54) is 0 Å². The number of aliphatic carboxylic acids is 1. The second-order valence-electron chi connectivity index (χ2n) is 4.55. The zero-order chi connectivity index (χ0) is 12.0. The lowest BCUT2D eigenvalue weighted by molar-refractivity contribution is -0.137. The van der Waals surface area contributed by atoms with Crippen LogP contribution in [0.25, 0.3) is 0 Å². The molecule has 4 nitrogen and oxygen atoms in total. The maximum Gasteiger partial charge on any atom is 0.303 e. The van der Waals surface area contributed by atoms with Crippen LogP contribution < -0.4 is 0 Å². The molecule has 0 aromatic carbocycles. The van der Waals surface area contributed by atoms with E-state index < -0.39 is 5.97 Å². The minimum absolute atomic E-state index is 0.288. The molecule has 0 radical (unpaired) electrons. The Kier molecular flexibility index (Phi) is 5.77. The molecular formula is C12H23NO3. The van der Waals surface area contributed by atoms with Crippen LogP contribution in [0, 0.1) is 0 Å². The van der Waals surface area contributed by atoms with E-state index in [1.54, 1.807) is 0 Å². The van der Waals surface area contributed by atoms with Gasteiger partial charge in [0.2, 0.25) is 0 Å². The molecule has 1 fully saturated rings. The maximum absolute atomic E-state index is 10.4. The normalized spacial score (nSPS) is 26.9. The topological polar surface area (TPSA) is 49.8 Å². The number of carboxylic acid groups (broad SMARTS) is 1. The Labute approximate surface area is 97.6 Å². The Morgan fingerprint density at radius 2 is 2.25 bits per heavy atom. The molecule has 0 aromatic rings. The van der Waals surface area contributed by atoms with Gasteiger partial charge in [0, 0.05) is 19.0 Å². The van der Waals surface area contributed by atoms with Crippen molar-refractivity contribution in [2.45, 2.75) is 51.7 Å². The summed E-state index contributed by atoms with van der Waals surface area (Å²) in [6, 6.07) is 0.515. The fraction of sp³-hybridized carbons (Fsp3) is 0.917. The lowest BCUT2D eigenvalue weighted by Crippen LogP contribution is -2.48. The number of ether oxygens (including phenoxy) is 1. The fourth-order valence-corrected chi connectivity index (χ4v) is 2.15. The van der Waals surface area contributed by atoms with Crippen LogP contribution in [-0.4, -0.2) is 47.8 Å². The van der Waals surface area contributed by atoms with Gasteiger partial charge in [-0.15, -0.1) is 0 Å². The molecule has 0 aromatic heterocycles. The molecule has 2 unspecified atom stereocenters. The van der Waals surface area contributed by atoms with Crippen molar-refractivity contribution in [2.75, 3.05) is 19.7 Å². The first kappa shape index (κ1) is 13.5. The van der Waals surface area contributed by atoms with E-state index in [2.05, 4.69) is 18.7 Å². The van der Waals surface area contributed by atoms with Crippen LogP contribution in [-0.2, 0) is 9.53 Å². The third kappa shape index (κ3) is 4.49. The van der Waals surface area contributed by atoms with Crippen molar-refractivity contribution in [1.82, 2.24) is 4.90 Å². The summed E-state index contributed by atoms with van der Waals surface area (Å²) in [4.78, 5) is 12.8. The van der Waals surface area contributed by atoms with Crippen LogP contribution in [0.3, 0.4) is 0 Å². The van der Waals surface area contributed by atoms with Gasteiger partial charge in [-0.25, -0.2) is 0 Å². The molecule has 1 saturated heterocycles. The second-order valence-corrected chi connectivity index (χ2v) is 4.55. The molecule has 0 bridgehead atoms. The van der Waals surface area contributed by atoms with Crippen molar-refractivity contribution >= 4 is 5.97 Å². The molecule has 2 atom stereocenters. The van der Waals surface area contributed by atoms with Crippen LogP contribution in [0.4, 0.5) is 0 Å². The van der Waals surface area contributed by atoms with Gasteiger partial charge in [-0.05, 0) is 32.7 Å². The third-order valence-electron chi connectivity index (χ3n) is 3.14. The van der Waals surface area contributed by atoms with Gasteiger partial charge in [0.05, 0.1) is 12.7 Å². The van der Waals surface area contributed by atoms with Gasteiger partial charge in [-0.3, -0.25) is 9.69 Å². The van der Waals surface area contributed by atoms with Crippen molar-refractivity contribution in [2.24, 2.45) is 0 Å². The fourth-order valence-electron chi connectivity index (χ4n) is 2.15. The summed E-state index contributed by atoms with van der Waals surface area (Å²) in [7, 11) is 0. The Balaban J connectivity index is 2.23. The molecular weight excluding hydrogens is 206 g/mol. The number of unbranched alkanes of at least 4 members (excludes halogenated alkanes) is 1. The molecule has 1 aliphatic rings. The van der Waals surface area contributed by atoms with Crippen molar-refractivity contribution < 1.29 is 14.6 Å². The molecule has 4 heteroatoms. The Hall–Kier alpha value is -0.610. The zero-order valence-electron chi connectivity index (χ0n) is 10.3. The van der Waals surface area contributed by atoms with Gasteiger partial charge in [0.25, 0.3) is 0 Å². The molecule has 0 spiro atoms. The SMILES string of the molecule is CCC1COC(C)CN1CCCCC(=O)O. The number of hydrogen-bond donors (Lipinski definition) is 1. The molecule has 16 heavy (non-hydrogen) atoms. The summed E-state index contributed by atoms with van der Waals surface area (Å²) < 4.78 is 5.62. The van der Waals surface area contributed by atoms with Gasteiger partial charge in [-0.1, -0.05) is 6.92 Å². The van der Waals surface area contributed by atoms with Crippen molar-refractivity contribution in [1.29, 1.82) is 0 Å². The smallest absolute Gasteiger partial charge is 0.303 e. The van der Waals surface area contributed by atoms with E-state index in [0.29, 0.717) is 12.1 Å². The summed E-state index contributed by atoms with van der Waals surface area (Å²) in [6.45, 7) is 7.06. The number of carbonyl (C=O) groups is 1. The molecule has 94 valence electrons. The Morgan fingerprint density at radius 3 is 2.88 bits per heavy atom. The summed E-state index contributed by atoms with van der Waals surface area (Å²) in [5.41, 5.74) is 0. The monoisotopic (exact) mass is 229 g/mol. The van der Waals surface area contributed by atoms with Gasteiger partial charge in [0.15, 0.2) is 0 Å².